The number of aliphatic carboxylic acids is 1. The maximum Gasteiger partial charge on any atom is 0.328 e. The van der Waals surface area contributed by atoms with Gasteiger partial charge < -0.3 is 5.11 Å². The molecule has 16 heavy (non-hydrogen) atoms. The van der Waals surface area contributed by atoms with Crippen LogP contribution in [-0.4, -0.2) is 16.1 Å². The predicted octanol–water partition coefficient (Wildman–Crippen LogP) is 2.47. The number of carboxylic acid groups (broad SMARTS) is 1. The molecule has 0 amide bonds. The zero-order valence-corrected chi connectivity index (χ0v) is 8.22. The van der Waals surface area contributed by atoms with E-state index in [9.17, 15) is 9.18 Å². The fourth-order valence-electron chi connectivity index (χ4n) is 1.44. The number of halogens is 1. The van der Waals surface area contributed by atoms with Crippen molar-refractivity contribution in [3.63, 3.8) is 0 Å². The molecular weight excluding hydrogens is 209 g/mol. The number of aromatic nitrogens is 1. The van der Waals surface area contributed by atoms with Crippen molar-refractivity contribution in [2.24, 2.45) is 0 Å². The Balaban J connectivity index is 2.56. The van der Waals surface area contributed by atoms with Crippen LogP contribution in [0.4, 0.5) is 4.39 Å². The minimum Gasteiger partial charge on any atom is -0.478 e. The van der Waals surface area contributed by atoms with Crippen LogP contribution >= 0.6 is 0 Å². The van der Waals surface area contributed by atoms with Gasteiger partial charge in [-0.15, -0.1) is 0 Å². The van der Waals surface area contributed by atoms with Gasteiger partial charge in [-0.25, -0.2) is 9.18 Å². The summed E-state index contributed by atoms with van der Waals surface area (Å²) in [6, 6.07) is 4.79. The molecule has 4 heteroatoms. The number of benzene rings is 1. The van der Waals surface area contributed by atoms with Crippen LogP contribution in [0.3, 0.4) is 0 Å². The summed E-state index contributed by atoms with van der Waals surface area (Å²) in [5, 5.41) is 9.58. The summed E-state index contributed by atoms with van der Waals surface area (Å²) in [5.41, 5.74) is 0.251. The SMILES string of the molecule is O=C(O)/C=C/c1ccc2cnccc2c1F. The van der Waals surface area contributed by atoms with Crippen molar-refractivity contribution in [3.8, 4) is 0 Å². The third kappa shape index (κ3) is 1.91. The average Bonchev–Trinajstić information content (AvgIpc) is 2.28. The minimum absolute atomic E-state index is 0.251. The second kappa shape index (κ2) is 4.10. The van der Waals surface area contributed by atoms with Gasteiger partial charge >= 0.3 is 5.97 Å². The number of hydrogen-bond donors (Lipinski definition) is 1. The summed E-state index contributed by atoms with van der Waals surface area (Å²) in [6.07, 6.45) is 5.20. The van der Waals surface area contributed by atoms with Gasteiger partial charge in [-0.05, 0) is 12.1 Å². The van der Waals surface area contributed by atoms with E-state index in [4.69, 9.17) is 5.11 Å². The monoisotopic (exact) mass is 217 g/mol. The van der Waals surface area contributed by atoms with E-state index in [0.717, 1.165) is 6.08 Å². The van der Waals surface area contributed by atoms with Gasteiger partial charge in [0.15, 0.2) is 0 Å². The first kappa shape index (κ1) is 10.3. The van der Waals surface area contributed by atoms with E-state index in [-0.39, 0.29) is 5.56 Å². The highest BCUT2D eigenvalue weighted by Gasteiger charge is 2.04. The third-order valence-corrected chi connectivity index (χ3v) is 2.19. The van der Waals surface area contributed by atoms with Gasteiger partial charge in [-0.3, -0.25) is 4.98 Å². The molecule has 0 aliphatic heterocycles. The van der Waals surface area contributed by atoms with Crippen molar-refractivity contribution < 1.29 is 14.3 Å². The van der Waals surface area contributed by atoms with Gasteiger partial charge in [0.1, 0.15) is 5.82 Å². The summed E-state index contributed by atoms with van der Waals surface area (Å²) >= 11 is 0. The largest absolute Gasteiger partial charge is 0.478 e. The number of carboxylic acids is 1. The molecule has 0 fully saturated rings. The zero-order chi connectivity index (χ0) is 11.5. The standard InChI is InChI=1S/C12H8FNO2/c13-12-8(3-4-11(15)16)1-2-9-7-14-6-5-10(9)12/h1-7H,(H,15,16)/b4-3+. The summed E-state index contributed by atoms with van der Waals surface area (Å²) < 4.78 is 13.8. The van der Waals surface area contributed by atoms with Crippen LogP contribution in [0, 0.1) is 5.82 Å². The molecule has 3 nitrogen and oxygen atoms in total. The summed E-state index contributed by atoms with van der Waals surface area (Å²) in [4.78, 5) is 14.2. The molecule has 1 N–H and O–H groups in total. The quantitative estimate of drug-likeness (QED) is 0.786. The molecular formula is C12H8FNO2. The molecule has 1 heterocycles. The molecule has 1 aromatic carbocycles. The Hall–Kier alpha value is -2.23. The van der Waals surface area contributed by atoms with Crippen LogP contribution in [0.15, 0.2) is 36.7 Å². The lowest BCUT2D eigenvalue weighted by molar-refractivity contribution is -0.131. The van der Waals surface area contributed by atoms with Crippen LogP contribution in [0.5, 0.6) is 0 Å². The number of carbonyl (C=O) groups is 1. The number of hydrogen-bond acceptors (Lipinski definition) is 2. The van der Waals surface area contributed by atoms with E-state index >= 15 is 0 Å². The van der Waals surface area contributed by atoms with Crippen molar-refractivity contribution in [3.05, 3.63) is 48.0 Å². The first-order valence-electron chi connectivity index (χ1n) is 4.62. The van der Waals surface area contributed by atoms with E-state index < -0.39 is 11.8 Å². The molecule has 0 aliphatic carbocycles. The van der Waals surface area contributed by atoms with Gasteiger partial charge in [0, 0.05) is 34.8 Å². The molecule has 2 rings (SSSR count). The van der Waals surface area contributed by atoms with Gasteiger partial charge in [0.25, 0.3) is 0 Å². The van der Waals surface area contributed by atoms with Gasteiger partial charge in [-0.2, -0.15) is 0 Å². The molecule has 0 unspecified atom stereocenters. The summed E-state index contributed by atoms with van der Waals surface area (Å²) in [7, 11) is 0. The second-order valence-electron chi connectivity index (χ2n) is 3.24. The molecule has 1 aromatic heterocycles. The Kier molecular flexibility index (Phi) is 2.64. The van der Waals surface area contributed by atoms with Crippen molar-refractivity contribution in [1.29, 1.82) is 0 Å². The lowest BCUT2D eigenvalue weighted by atomic mass is 10.1. The molecule has 0 saturated carbocycles. The van der Waals surface area contributed by atoms with Crippen LogP contribution in [0.2, 0.25) is 0 Å². The average molecular weight is 217 g/mol. The van der Waals surface area contributed by atoms with Crippen LogP contribution in [-0.2, 0) is 4.79 Å². The number of rotatable bonds is 2. The maximum absolute atomic E-state index is 13.8. The van der Waals surface area contributed by atoms with E-state index in [1.807, 2.05) is 0 Å². The Morgan fingerprint density at radius 3 is 2.94 bits per heavy atom. The lowest BCUT2D eigenvalue weighted by Gasteiger charge is -2.01. The highest BCUT2D eigenvalue weighted by molar-refractivity contribution is 5.88. The predicted molar refractivity (Wildman–Crippen MR) is 58.4 cm³/mol. The number of pyridine rings is 1. The van der Waals surface area contributed by atoms with E-state index in [2.05, 4.69) is 4.98 Å². The molecule has 0 radical (unpaired) electrons. The van der Waals surface area contributed by atoms with Crippen molar-refractivity contribution in [1.82, 2.24) is 4.98 Å². The Morgan fingerprint density at radius 1 is 1.38 bits per heavy atom. The molecule has 0 aliphatic rings. The highest BCUT2D eigenvalue weighted by Crippen LogP contribution is 2.20. The van der Waals surface area contributed by atoms with Crippen LogP contribution < -0.4 is 0 Å². The Morgan fingerprint density at radius 2 is 2.19 bits per heavy atom. The number of fused-ring (bicyclic) bond motifs is 1. The fourth-order valence-corrected chi connectivity index (χ4v) is 1.44. The third-order valence-electron chi connectivity index (χ3n) is 2.19. The Bertz CT molecular complexity index is 578. The van der Waals surface area contributed by atoms with Gasteiger partial charge in [-0.1, -0.05) is 12.1 Å². The number of nitrogens with zero attached hydrogens (tertiary/aromatic N) is 1. The zero-order valence-electron chi connectivity index (χ0n) is 8.22. The molecule has 0 saturated heterocycles. The van der Waals surface area contributed by atoms with Crippen molar-refractivity contribution in [2.75, 3.05) is 0 Å². The van der Waals surface area contributed by atoms with Crippen LogP contribution in [0.1, 0.15) is 5.56 Å². The first-order chi connectivity index (χ1) is 7.68. The van der Waals surface area contributed by atoms with E-state index in [0.29, 0.717) is 10.8 Å². The topological polar surface area (TPSA) is 50.2 Å². The van der Waals surface area contributed by atoms with Crippen molar-refractivity contribution >= 4 is 22.8 Å². The molecule has 0 atom stereocenters. The summed E-state index contributed by atoms with van der Waals surface area (Å²) in [6.45, 7) is 0. The van der Waals surface area contributed by atoms with Crippen LogP contribution in [0.25, 0.3) is 16.8 Å². The molecule has 0 bridgehead atoms. The summed E-state index contributed by atoms with van der Waals surface area (Å²) in [5.74, 6) is -1.54. The van der Waals surface area contributed by atoms with Gasteiger partial charge in [0.2, 0.25) is 0 Å². The maximum atomic E-state index is 13.8. The first-order valence-corrected chi connectivity index (χ1v) is 4.62. The molecule has 2 aromatic rings. The van der Waals surface area contributed by atoms with E-state index in [1.54, 1.807) is 18.3 Å². The normalized spacial score (nSPS) is 11.1. The second-order valence-corrected chi connectivity index (χ2v) is 3.24. The molecule has 80 valence electrons. The fraction of sp³-hybridized carbons (Fsp3) is 0. The molecule has 0 spiro atoms. The van der Waals surface area contributed by atoms with Crippen molar-refractivity contribution in [2.45, 2.75) is 0 Å². The van der Waals surface area contributed by atoms with Gasteiger partial charge in [0.05, 0.1) is 0 Å². The highest BCUT2D eigenvalue weighted by atomic mass is 19.1. The lowest BCUT2D eigenvalue weighted by Crippen LogP contribution is -1.89. The Labute approximate surface area is 90.9 Å². The van der Waals surface area contributed by atoms with E-state index in [1.165, 1.54) is 18.3 Å². The smallest absolute Gasteiger partial charge is 0.328 e. The minimum atomic E-state index is -1.10.